The van der Waals surface area contributed by atoms with Crippen molar-refractivity contribution in [1.82, 2.24) is 9.88 Å². The van der Waals surface area contributed by atoms with Crippen molar-refractivity contribution < 1.29 is 9.53 Å². The van der Waals surface area contributed by atoms with Crippen molar-refractivity contribution in [2.75, 3.05) is 31.1 Å². The van der Waals surface area contributed by atoms with Crippen molar-refractivity contribution in [1.29, 1.82) is 0 Å². The van der Waals surface area contributed by atoms with E-state index in [1.807, 2.05) is 66.4 Å². The first-order valence-corrected chi connectivity index (χ1v) is 12.3. The number of pyridine rings is 1. The van der Waals surface area contributed by atoms with E-state index in [2.05, 4.69) is 43.0 Å². The number of benzene rings is 3. The van der Waals surface area contributed by atoms with E-state index in [4.69, 9.17) is 9.72 Å². The van der Waals surface area contributed by atoms with Gasteiger partial charge in [-0.05, 0) is 74.9 Å². The van der Waals surface area contributed by atoms with Gasteiger partial charge >= 0.3 is 0 Å². The summed E-state index contributed by atoms with van der Waals surface area (Å²) in [5.74, 6) is 0.889. The number of hydrogen-bond donors (Lipinski definition) is 0. The molecule has 1 amide bonds. The van der Waals surface area contributed by atoms with Gasteiger partial charge in [0.15, 0.2) is 0 Å². The number of fused-ring (bicyclic) bond motifs is 1. The second-order valence-corrected chi connectivity index (χ2v) is 9.16. The van der Waals surface area contributed by atoms with Crippen molar-refractivity contribution >= 4 is 22.5 Å². The van der Waals surface area contributed by atoms with E-state index in [-0.39, 0.29) is 11.9 Å². The maximum atomic E-state index is 13.8. The standard InChI is InChI=1S/C30H31N3O2/c1-4-35-25-14-12-23(13-15-25)29-19-27(26-10-5-6-11-28(26)31-29)30(34)32-16-17-33(22(3)20-32)24-9-7-8-21(2)18-24/h5-15,18-19,22H,4,16-17,20H2,1-3H3/t22-/m0/s1. The van der Waals surface area contributed by atoms with Crippen molar-refractivity contribution in [3.63, 3.8) is 0 Å². The Balaban J connectivity index is 1.44. The summed E-state index contributed by atoms with van der Waals surface area (Å²) in [6.07, 6.45) is 0. The first kappa shape index (κ1) is 22.9. The number of aromatic nitrogens is 1. The van der Waals surface area contributed by atoms with Gasteiger partial charge in [-0.3, -0.25) is 4.79 Å². The molecular weight excluding hydrogens is 434 g/mol. The molecule has 5 rings (SSSR count). The van der Waals surface area contributed by atoms with Gasteiger partial charge in [-0.15, -0.1) is 0 Å². The molecule has 1 fully saturated rings. The summed E-state index contributed by atoms with van der Waals surface area (Å²) in [6, 6.07) is 26.5. The van der Waals surface area contributed by atoms with Crippen molar-refractivity contribution in [3.05, 3.63) is 90.0 Å². The molecule has 1 saturated heterocycles. The summed E-state index contributed by atoms with van der Waals surface area (Å²) < 4.78 is 5.58. The third kappa shape index (κ3) is 4.72. The van der Waals surface area contributed by atoms with Gasteiger partial charge in [-0.25, -0.2) is 4.98 Å². The molecule has 178 valence electrons. The molecule has 2 heterocycles. The Labute approximate surface area is 207 Å². The van der Waals surface area contributed by atoms with Gasteiger partial charge in [0, 0.05) is 42.3 Å². The van der Waals surface area contributed by atoms with Gasteiger partial charge < -0.3 is 14.5 Å². The van der Waals surface area contributed by atoms with E-state index in [1.54, 1.807) is 0 Å². The lowest BCUT2D eigenvalue weighted by Crippen LogP contribution is -2.53. The summed E-state index contributed by atoms with van der Waals surface area (Å²) in [5, 5.41) is 0.890. The molecule has 4 aromatic rings. The summed E-state index contributed by atoms with van der Waals surface area (Å²) >= 11 is 0. The summed E-state index contributed by atoms with van der Waals surface area (Å²) in [5.41, 5.74) is 5.76. The number of nitrogens with zero attached hydrogens (tertiary/aromatic N) is 3. The Morgan fingerprint density at radius 2 is 1.80 bits per heavy atom. The first-order chi connectivity index (χ1) is 17.0. The van der Waals surface area contributed by atoms with Crippen LogP contribution in [0.1, 0.15) is 29.8 Å². The topological polar surface area (TPSA) is 45.7 Å². The average Bonchev–Trinajstić information content (AvgIpc) is 2.88. The minimum absolute atomic E-state index is 0.0616. The summed E-state index contributed by atoms with van der Waals surface area (Å²) in [4.78, 5) is 23.1. The molecule has 1 aliphatic rings. The van der Waals surface area contributed by atoms with Crippen LogP contribution in [0.4, 0.5) is 5.69 Å². The molecule has 0 bridgehead atoms. The van der Waals surface area contributed by atoms with Gasteiger partial charge in [0.2, 0.25) is 0 Å². The van der Waals surface area contributed by atoms with Crippen LogP contribution >= 0.6 is 0 Å². The van der Waals surface area contributed by atoms with Crippen LogP contribution in [0, 0.1) is 6.92 Å². The Morgan fingerprint density at radius 3 is 2.54 bits per heavy atom. The van der Waals surface area contributed by atoms with Crippen LogP contribution in [0.5, 0.6) is 5.75 Å². The highest BCUT2D eigenvalue weighted by Gasteiger charge is 2.28. The van der Waals surface area contributed by atoms with Gasteiger partial charge in [0.25, 0.3) is 5.91 Å². The molecule has 3 aromatic carbocycles. The third-order valence-electron chi connectivity index (χ3n) is 6.66. The number of rotatable bonds is 5. The zero-order chi connectivity index (χ0) is 24.4. The van der Waals surface area contributed by atoms with Crippen LogP contribution in [-0.4, -0.2) is 48.1 Å². The maximum absolute atomic E-state index is 13.8. The highest BCUT2D eigenvalue weighted by atomic mass is 16.5. The van der Waals surface area contributed by atoms with Gasteiger partial charge in [-0.2, -0.15) is 0 Å². The Hall–Kier alpha value is -3.86. The quantitative estimate of drug-likeness (QED) is 0.365. The second-order valence-electron chi connectivity index (χ2n) is 9.16. The average molecular weight is 466 g/mol. The summed E-state index contributed by atoms with van der Waals surface area (Å²) in [7, 11) is 0. The Kier molecular flexibility index (Phi) is 6.41. The van der Waals surface area contributed by atoms with Gasteiger partial charge in [0.05, 0.1) is 23.4 Å². The number of anilines is 1. The normalized spacial score (nSPS) is 15.9. The van der Waals surface area contributed by atoms with Crippen molar-refractivity contribution in [3.8, 4) is 17.0 Å². The number of ether oxygens (including phenoxy) is 1. The zero-order valence-corrected chi connectivity index (χ0v) is 20.6. The smallest absolute Gasteiger partial charge is 0.254 e. The fourth-order valence-electron chi connectivity index (χ4n) is 4.89. The minimum Gasteiger partial charge on any atom is -0.494 e. The highest BCUT2D eigenvalue weighted by Crippen LogP contribution is 2.29. The molecule has 0 unspecified atom stereocenters. The van der Waals surface area contributed by atoms with E-state index in [0.717, 1.165) is 34.5 Å². The molecule has 0 saturated carbocycles. The van der Waals surface area contributed by atoms with E-state index in [0.29, 0.717) is 25.3 Å². The lowest BCUT2D eigenvalue weighted by molar-refractivity contribution is 0.0728. The molecule has 0 aliphatic carbocycles. The monoisotopic (exact) mass is 465 g/mol. The van der Waals surface area contributed by atoms with Crippen LogP contribution in [-0.2, 0) is 0 Å². The van der Waals surface area contributed by atoms with E-state index in [9.17, 15) is 4.79 Å². The van der Waals surface area contributed by atoms with Crippen LogP contribution in [0.2, 0.25) is 0 Å². The molecule has 5 nitrogen and oxygen atoms in total. The molecular formula is C30H31N3O2. The predicted octanol–water partition coefficient (Wildman–Crippen LogP) is 5.96. The lowest BCUT2D eigenvalue weighted by Gasteiger charge is -2.41. The van der Waals surface area contributed by atoms with Gasteiger partial charge in [0.1, 0.15) is 5.75 Å². The Morgan fingerprint density at radius 1 is 1.00 bits per heavy atom. The number of hydrogen-bond acceptors (Lipinski definition) is 4. The highest BCUT2D eigenvalue weighted by molar-refractivity contribution is 6.07. The molecule has 1 aliphatic heterocycles. The molecule has 1 aromatic heterocycles. The predicted molar refractivity (Wildman–Crippen MR) is 142 cm³/mol. The second kappa shape index (κ2) is 9.79. The largest absolute Gasteiger partial charge is 0.494 e. The molecule has 5 heteroatoms. The van der Waals surface area contributed by atoms with Crippen LogP contribution in [0.3, 0.4) is 0 Å². The fourth-order valence-corrected chi connectivity index (χ4v) is 4.89. The molecule has 0 radical (unpaired) electrons. The zero-order valence-electron chi connectivity index (χ0n) is 20.6. The van der Waals surface area contributed by atoms with Crippen molar-refractivity contribution in [2.45, 2.75) is 26.8 Å². The maximum Gasteiger partial charge on any atom is 0.254 e. The number of para-hydroxylation sites is 1. The van der Waals surface area contributed by atoms with E-state index < -0.39 is 0 Å². The fraction of sp³-hybridized carbons (Fsp3) is 0.267. The minimum atomic E-state index is 0.0616. The number of carbonyl (C=O) groups is 1. The summed E-state index contributed by atoms with van der Waals surface area (Å²) in [6.45, 7) is 9.08. The van der Waals surface area contributed by atoms with Gasteiger partial charge in [-0.1, -0.05) is 30.3 Å². The van der Waals surface area contributed by atoms with E-state index >= 15 is 0 Å². The third-order valence-corrected chi connectivity index (χ3v) is 6.66. The van der Waals surface area contributed by atoms with Crippen molar-refractivity contribution in [2.24, 2.45) is 0 Å². The number of aryl methyl sites for hydroxylation is 1. The number of amides is 1. The van der Waals surface area contributed by atoms with Crippen LogP contribution in [0.25, 0.3) is 22.2 Å². The number of piperazine rings is 1. The molecule has 35 heavy (non-hydrogen) atoms. The number of carbonyl (C=O) groups excluding carboxylic acids is 1. The van der Waals surface area contributed by atoms with Crippen LogP contribution in [0.15, 0.2) is 78.9 Å². The SMILES string of the molecule is CCOc1ccc(-c2cc(C(=O)N3CCN(c4cccc(C)c4)[C@@H](C)C3)c3ccccc3n2)cc1. The first-order valence-electron chi connectivity index (χ1n) is 12.3. The molecule has 0 N–H and O–H groups in total. The van der Waals surface area contributed by atoms with Crippen LogP contribution < -0.4 is 9.64 Å². The Bertz CT molecular complexity index is 1350. The molecule has 1 atom stereocenters. The lowest BCUT2D eigenvalue weighted by atomic mass is 10.0. The van der Waals surface area contributed by atoms with E-state index in [1.165, 1.54) is 11.3 Å². The molecule has 0 spiro atoms.